The lowest BCUT2D eigenvalue weighted by atomic mass is 9.95. The van der Waals surface area contributed by atoms with Crippen molar-refractivity contribution in [2.75, 3.05) is 24.2 Å². The van der Waals surface area contributed by atoms with Crippen LogP contribution in [0.5, 0.6) is 0 Å². The van der Waals surface area contributed by atoms with E-state index < -0.39 is 12.3 Å². The van der Waals surface area contributed by atoms with E-state index in [-0.39, 0.29) is 30.9 Å². The summed E-state index contributed by atoms with van der Waals surface area (Å²) in [5.41, 5.74) is 7.07. The number of carbonyl (C=O) groups is 1. The summed E-state index contributed by atoms with van der Waals surface area (Å²) in [5, 5.41) is 9.68. The van der Waals surface area contributed by atoms with Crippen LogP contribution >= 0.6 is 11.6 Å². The third-order valence-corrected chi connectivity index (χ3v) is 5.56. The van der Waals surface area contributed by atoms with Crippen molar-refractivity contribution < 1.29 is 9.18 Å². The van der Waals surface area contributed by atoms with Gasteiger partial charge in [-0.1, -0.05) is 17.7 Å². The Morgan fingerprint density at radius 2 is 2.09 bits per heavy atom. The lowest BCUT2D eigenvalue weighted by Crippen LogP contribution is -2.36. The molecule has 2 atom stereocenters. The number of rotatable bonds is 9. The predicted octanol–water partition coefficient (Wildman–Crippen LogP) is 3.74. The summed E-state index contributed by atoms with van der Waals surface area (Å²) in [4.78, 5) is 29.8. The molecule has 0 bridgehead atoms. The summed E-state index contributed by atoms with van der Waals surface area (Å²) in [5.74, 6) is 0.281. The number of amides is 2. The molecule has 1 aromatic carbocycles. The molecular weight excluding hydrogens is 447 g/mol. The van der Waals surface area contributed by atoms with Crippen molar-refractivity contribution in [2.24, 2.45) is 11.7 Å². The van der Waals surface area contributed by atoms with Crippen LogP contribution in [-0.4, -0.2) is 35.5 Å². The maximum atomic E-state index is 13.7. The van der Waals surface area contributed by atoms with E-state index in [1.54, 1.807) is 48.1 Å². The minimum atomic E-state index is -1.57. The number of hydrogen-bond acceptors (Lipinski definition) is 5. The highest BCUT2D eigenvalue weighted by atomic mass is 35.5. The van der Waals surface area contributed by atoms with E-state index in [1.165, 1.54) is 0 Å². The van der Waals surface area contributed by atoms with E-state index in [0.717, 1.165) is 10.9 Å². The number of nitrogens with two attached hydrogens (primary N) is 1. The number of nitrogens with zero attached hydrogens (tertiary/aromatic N) is 2. The SMILES string of the molecule is CCn1c(=O)c(CC(CNC(=O)Nc2cccc(Cl)c2)CC(N)F)cc2cnc(NC)cc21. The van der Waals surface area contributed by atoms with E-state index in [1.807, 2.05) is 13.0 Å². The molecule has 0 fully saturated rings. The highest BCUT2D eigenvalue weighted by molar-refractivity contribution is 6.30. The largest absolute Gasteiger partial charge is 0.373 e. The van der Waals surface area contributed by atoms with E-state index in [4.69, 9.17) is 17.3 Å². The molecule has 10 heteroatoms. The van der Waals surface area contributed by atoms with Crippen LogP contribution in [0, 0.1) is 5.92 Å². The fourth-order valence-electron chi connectivity index (χ4n) is 3.78. The minimum absolute atomic E-state index is 0.00199. The molecule has 0 saturated carbocycles. The molecule has 2 amide bonds. The van der Waals surface area contributed by atoms with Crippen LogP contribution in [0.3, 0.4) is 0 Å². The lowest BCUT2D eigenvalue weighted by Gasteiger charge is -2.20. The molecule has 3 rings (SSSR count). The Kier molecular flexibility index (Phi) is 8.24. The fraction of sp³-hybridized carbons (Fsp3) is 0.348. The molecule has 2 unspecified atom stereocenters. The number of hydrogen-bond donors (Lipinski definition) is 4. The smallest absolute Gasteiger partial charge is 0.319 e. The number of aromatic nitrogens is 2. The topological polar surface area (TPSA) is 114 Å². The summed E-state index contributed by atoms with van der Waals surface area (Å²) >= 11 is 5.93. The molecule has 2 aromatic heterocycles. The first-order valence-electron chi connectivity index (χ1n) is 10.7. The Morgan fingerprint density at radius 3 is 2.76 bits per heavy atom. The summed E-state index contributed by atoms with van der Waals surface area (Å²) < 4.78 is 15.4. The number of fused-ring (bicyclic) bond motifs is 1. The zero-order valence-electron chi connectivity index (χ0n) is 18.6. The average molecular weight is 475 g/mol. The van der Waals surface area contributed by atoms with Gasteiger partial charge >= 0.3 is 6.03 Å². The highest BCUT2D eigenvalue weighted by Gasteiger charge is 2.19. The maximum absolute atomic E-state index is 13.7. The Morgan fingerprint density at radius 1 is 1.30 bits per heavy atom. The first-order chi connectivity index (χ1) is 15.8. The Hall–Kier alpha value is -3.17. The number of urea groups is 1. The standard InChI is InChI=1S/C23H28ClFN6O2/c1-3-31-19-11-21(27-2)28-13-16(19)9-15(22(31)32)7-14(8-20(25)26)12-29-23(33)30-18-6-4-5-17(24)10-18/h4-6,9-11,13-14,20H,3,7-8,12,26H2,1-2H3,(H,27,28)(H2,29,30,33). The molecular formula is C23H28ClFN6O2. The van der Waals surface area contributed by atoms with Gasteiger partial charge in [0.1, 0.15) is 12.1 Å². The first kappa shape index (κ1) is 24.5. The van der Waals surface area contributed by atoms with Gasteiger partial charge in [-0.05, 0) is 49.9 Å². The van der Waals surface area contributed by atoms with Gasteiger partial charge in [-0.25, -0.2) is 14.2 Å². The molecule has 176 valence electrons. The van der Waals surface area contributed by atoms with E-state index in [9.17, 15) is 14.0 Å². The quantitative estimate of drug-likeness (QED) is 0.353. The van der Waals surface area contributed by atoms with Gasteiger partial charge < -0.3 is 26.3 Å². The molecule has 0 spiro atoms. The number of carbonyl (C=O) groups excluding carboxylic acids is 1. The second-order valence-corrected chi connectivity index (χ2v) is 8.20. The van der Waals surface area contributed by atoms with Crippen molar-refractivity contribution in [3.63, 3.8) is 0 Å². The Balaban J connectivity index is 1.78. The van der Waals surface area contributed by atoms with E-state index in [2.05, 4.69) is 20.9 Å². The number of halogens is 2. The third kappa shape index (κ3) is 6.43. The molecule has 0 aliphatic heterocycles. The Labute approximate surface area is 196 Å². The van der Waals surface area contributed by atoms with E-state index in [0.29, 0.717) is 28.6 Å². The van der Waals surface area contributed by atoms with Crippen molar-refractivity contribution in [3.8, 4) is 0 Å². The van der Waals surface area contributed by atoms with Crippen molar-refractivity contribution >= 4 is 40.0 Å². The number of anilines is 2. The number of aryl methyl sites for hydroxylation is 1. The molecule has 0 radical (unpaired) electrons. The maximum Gasteiger partial charge on any atom is 0.319 e. The monoisotopic (exact) mass is 474 g/mol. The molecule has 0 aliphatic carbocycles. The summed E-state index contributed by atoms with van der Waals surface area (Å²) in [6.07, 6.45) is 0.389. The van der Waals surface area contributed by atoms with Gasteiger partial charge in [-0.15, -0.1) is 0 Å². The highest BCUT2D eigenvalue weighted by Crippen LogP contribution is 2.20. The molecule has 3 aromatic rings. The van der Waals surface area contributed by atoms with Crippen LogP contribution in [0.2, 0.25) is 5.02 Å². The van der Waals surface area contributed by atoms with Crippen molar-refractivity contribution in [3.05, 3.63) is 63.5 Å². The first-order valence-corrected chi connectivity index (χ1v) is 11.1. The van der Waals surface area contributed by atoms with Gasteiger partial charge in [0.25, 0.3) is 5.56 Å². The molecule has 0 saturated heterocycles. The molecule has 2 heterocycles. The minimum Gasteiger partial charge on any atom is -0.373 e. The number of nitrogens with one attached hydrogen (secondary N) is 3. The van der Waals surface area contributed by atoms with Gasteiger partial charge in [-0.3, -0.25) is 4.79 Å². The molecule has 33 heavy (non-hydrogen) atoms. The summed E-state index contributed by atoms with van der Waals surface area (Å²) in [7, 11) is 1.76. The number of benzene rings is 1. The zero-order chi connectivity index (χ0) is 24.0. The van der Waals surface area contributed by atoms with E-state index >= 15 is 0 Å². The molecule has 5 N–H and O–H groups in total. The fourth-order valence-corrected chi connectivity index (χ4v) is 3.97. The third-order valence-electron chi connectivity index (χ3n) is 5.33. The van der Waals surface area contributed by atoms with Gasteiger partial charge in [-0.2, -0.15) is 0 Å². The predicted molar refractivity (Wildman–Crippen MR) is 131 cm³/mol. The van der Waals surface area contributed by atoms with Crippen molar-refractivity contribution in [2.45, 2.75) is 32.6 Å². The van der Waals surface area contributed by atoms with Crippen LogP contribution < -0.4 is 27.2 Å². The van der Waals surface area contributed by atoms with Crippen LogP contribution in [0.15, 0.2) is 47.4 Å². The van der Waals surface area contributed by atoms with Gasteiger partial charge in [0.2, 0.25) is 0 Å². The molecule has 8 nitrogen and oxygen atoms in total. The second-order valence-electron chi connectivity index (χ2n) is 7.76. The van der Waals surface area contributed by atoms with Crippen LogP contribution in [-0.2, 0) is 13.0 Å². The van der Waals surface area contributed by atoms with Gasteiger partial charge in [0.15, 0.2) is 0 Å². The summed E-state index contributed by atoms with van der Waals surface area (Å²) in [6.45, 7) is 2.51. The average Bonchev–Trinajstić information content (AvgIpc) is 2.77. The van der Waals surface area contributed by atoms with Gasteiger partial charge in [0.05, 0.1) is 5.52 Å². The van der Waals surface area contributed by atoms with Crippen molar-refractivity contribution in [1.82, 2.24) is 14.9 Å². The van der Waals surface area contributed by atoms with Gasteiger partial charge in [0, 0.05) is 54.1 Å². The number of pyridine rings is 2. The van der Waals surface area contributed by atoms with Crippen molar-refractivity contribution in [1.29, 1.82) is 0 Å². The Bertz CT molecular complexity index is 1180. The van der Waals surface area contributed by atoms with Crippen LogP contribution in [0.4, 0.5) is 20.7 Å². The second kappa shape index (κ2) is 11.1. The molecule has 0 aliphatic rings. The lowest BCUT2D eigenvalue weighted by molar-refractivity contribution is 0.242. The zero-order valence-corrected chi connectivity index (χ0v) is 19.3. The normalized spacial score (nSPS) is 12.9. The van der Waals surface area contributed by atoms with Crippen LogP contribution in [0.1, 0.15) is 18.9 Å². The van der Waals surface area contributed by atoms with Crippen LogP contribution in [0.25, 0.3) is 10.9 Å². The summed E-state index contributed by atoms with van der Waals surface area (Å²) in [6, 6.07) is 9.88. The number of alkyl halides is 1.